The third-order valence-electron chi connectivity index (χ3n) is 2.83. The molecular weight excluding hydrogens is 256 g/mol. The van der Waals surface area contributed by atoms with Gasteiger partial charge in [-0.1, -0.05) is 30.3 Å². The molecule has 0 aliphatic heterocycles. The molecule has 5 heteroatoms. The number of rotatable bonds is 4. The first-order valence-corrected chi connectivity index (χ1v) is 6.02. The Labute approximate surface area is 116 Å². The van der Waals surface area contributed by atoms with Crippen LogP contribution in [0.25, 0.3) is 0 Å². The average Bonchev–Trinajstić information content (AvgIpc) is 2.46. The number of carbonyl (C=O) groups is 2. The van der Waals surface area contributed by atoms with E-state index in [9.17, 15) is 14.7 Å². The summed E-state index contributed by atoms with van der Waals surface area (Å²) in [6.45, 7) is 0. The second-order valence-electron chi connectivity index (χ2n) is 4.28. The van der Waals surface area contributed by atoms with E-state index in [2.05, 4.69) is 5.32 Å². The number of hydrogen-bond acceptors (Lipinski definition) is 3. The zero-order chi connectivity index (χ0) is 14.5. The Morgan fingerprint density at radius 2 is 1.60 bits per heavy atom. The van der Waals surface area contributed by atoms with Crippen molar-refractivity contribution in [2.45, 2.75) is 6.04 Å². The SMILES string of the molecule is Nc1ccc(C(NC(=O)c2ccccc2)C(=O)O)cc1. The molecule has 20 heavy (non-hydrogen) atoms. The summed E-state index contributed by atoms with van der Waals surface area (Å²) in [5.74, 6) is -1.56. The van der Waals surface area contributed by atoms with Crippen LogP contribution in [0.4, 0.5) is 5.69 Å². The lowest BCUT2D eigenvalue weighted by atomic mass is 10.1. The minimum atomic E-state index is -1.13. The molecule has 2 aromatic carbocycles. The number of benzene rings is 2. The van der Waals surface area contributed by atoms with Crippen molar-refractivity contribution in [3.63, 3.8) is 0 Å². The molecule has 1 atom stereocenters. The first kappa shape index (κ1) is 13.6. The van der Waals surface area contributed by atoms with Gasteiger partial charge in [-0.3, -0.25) is 4.79 Å². The molecule has 0 bridgehead atoms. The molecule has 1 unspecified atom stereocenters. The van der Waals surface area contributed by atoms with Gasteiger partial charge in [-0.05, 0) is 29.8 Å². The number of nitrogens with two attached hydrogens (primary N) is 1. The fourth-order valence-electron chi connectivity index (χ4n) is 1.78. The van der Waals surface area contributed by atoms with E-state index in [0.717, 1.165) is 0 Å². The molecule has 0 saturated heterocycles. The van der Waals surface area contributed by atoms with Crippen LogP contribution in [0.2, 0.25) is 0 Å². The van der Waals surface area contributed by atoms with Crippen molar-refractivity contribution in [1.82, 2.24) is 5.32 Å². The molecule has 4 N–H and O–H groups in total. The van der Waals surface area contributed by atoms with Crippen LogP contribution in [-0.4, -0.2) is 17.0 Å². The Kier molecular flexibility index (Phi) is 4.00. The number of nitrogens with one attached hydrogen (secondary N) is 1. The summed E-state index contributed by atoms with van der Waals surface area (Å²) in [6.07, 6.45) is 0. The summed E-state index contributed by atoms with van der Waals surface area (Å²) in [5.41, 5.74) is 6.97. The van der Waals surface area contributed by atoms with E-state index in [0.29, 0.717) is 16.8 Å². The van der Waals surface area contributed by atoms with E-state index in [4.69, 9.17) is 5.73 Å². The number of nitrogen functional groups attached to an aromatic ring is 1. The number of carbonyl (C=O) groups excluding carboxylic acids is 1. The molecule has 2 rings (SSSR count). The van der Waals surface area contributed by atoms with E-state index >= 15 is 0 Å². The average molecular weight is 270 g/mol. The highest BCUT2D eigenvalue weighted by Crippen LogP contribution is 2.16. The van der Waals surface area contributed by atoms with Gasteiger partial charge in [0.15, 0.2) is 6.04 Å². The minimum Gasteiger partial charge on any atom is -0.479 e. The summed E-state index contributed by atoms with van der Waals surface area (Å²) < 4.78 is 0. The standard InChI is InChI=1S/C15H14N2O3/c16-12-8-6-10(7-9-12)13(15(19)20)17-14(18)11-4-2-1-3-5-11/h1-9,13H,16H2,(H,17,18)(H,19,20). The Morgan fingerprint density at radius 1 is 1.00 bits per heavy atom. The van der Waals surface area contributed by atoms with Gasteiger partial charge in [-0.15, -0.1) is 0 Å². The van der Waals surface area contributed by atoms with Gasteiger partial charge in [0.05, 0.1) is 0 Å². The molecule has 0 radical (unpaired) electrons. The molecular formula is C15H14N2O3. The molecule has 0 heterocycles. The van der Waals surface area contributed by atoms with Crippen LogP contribution >= 0.6 is 0 Å². The van der Waals surface area contributed by atoms with Gasteiger partial charge in [-0.25, -0.2) is 4.79 Å². The van der Waals surface area contributed by atoms with Crippen LogP contribution in [0.3, 0.4) is 0 Å². The van der Waals surface area contributed by atoms with Gasteiger partial charge in [0, 0.05) is 11.3 Å². The highest BCUT2D eigenvalue weighted by Gasteiger charge is 2.22. The molecule has 0 aliphatic carbocycles. The van der Waals surface area contributed by atoms with Gasteiger partial charge < -0.3 is 16.2 Å². The molecule has 102 valence electrons. The van der Waals surface area contributed by atoms with Crippen LogP contribution in [-0.2, 0) is 4.79 Å². The summed E-state index contributed by atoms with van der Waals surface area (Å²) in [5, 5.41) is 11.7. The van der Waals surface area contributed by atoms with Gasteiger partial charge in [0.2, 0.25) is 0 Å². The second-order valence-corrected chi connectivity index (χ2v) is 4.28. The van der Waals surface area contributed by atoms with Crippen molar-refractivity contribution in [2.75, 3.05) is 5.73 Å². The molecule has 0 spiro atoms. The summed E-state index contributed by atoms with van der Waals surface area (Å²) in [7, 11) is 0. The van der Waals surface area contributed by atoms with Crippen molar-refractivity contribution in [2.24, 2.45) is 0 Å². The third-order valence-corrected chi connectivity index (χ3v) is 2.83. The lowest BCUT2D eigenvalue weighted by Crippen LogP contribution is -2.33. The van der Waals surface area contributed by atoms with Crippen LogP contribution in [0.15, 0.2) is 54.6 Å². The van der Waals surface area contributed by atoms with Gasteiger partial charge >= 0.3 is 5.97 Å². The summed E-state index contributed by atoms with van der Waals surface area (Å²) in [6, 6.07) is 13.7. The largest absolute Gasteiger partial charge is 0.479 e. The normalized spacial score (nSPS) is 11.6. The van der Waals surface area contributed by atoms with Crippen molar-refractivity contribution >= 4 is 17.6 Å². The van der Waals surface area contributed by atoms with Gasteiger partial charge in [0.1, 0.15) is 0 Å². The van der Waals surface area contributed by atoms with Crippen molar-refractivity contribution in [3.8, 4) is 0 Å². The number of carboxylic acids is 1. The zero-order valence-corrected chi connectivity index (χ0v) is 10.6. The summed E-state index contributed by atoms with van der Waals surface area (Å²) >= 11 is 0. The van der Waals surface area contributed by atoms with Crippen LogP contribution in [0.5, 0.6) is 0 Å². The van der Waals surface area contributed by atoms with Crippen molar-refractivity contribution in [1.29, 1.82) is 0 Å². The van der Waals surface area contributed by atoms with Crippen LogP contribution in [0, 0.1) is 0 Å². The second kappa shape index (κ2) is 5.88. The number of aliphatic carboxylic acids is 1. The number of hydrogen-bond donors (Lipinski definition) is 3. The first-order chi connectivity index (χ1) is 9.58. The Hall–Kier alpha value is -2.82. The molecule has 1 amide bonds. The quantitative estimate of drug-likeness (QED) is 0.739. The first-order valence-electron chi connectivity index (χ1n) is 6.02. The lowest BCUT2D eigenvalue weighted by Gasteiger charge is -2.15. The zero-order valence-electron chi connectivity index (χ0n) is 10.6. The monoisotopic (exact) mass is 270 g/mol. The van der Waals surface area contributed by atoms with Gasteiger partial charge in [0.25, 0.3) is 5.91 Å². The molecule has 2 aromatic rings. The fraction of sp³-hybridized carbons (Fsp3) is 0.0667. The summed E-state index contributed by atoms with van der Waals surface area (Å²) in [4.78, 5) is 23.3. The molecule has 5 nitrogen and oxygen atoms in total. The third kappa shape index (κ3) is 3.14. The molecule has 0 aromatic heterocycles. The van der Waals surface area contributed by atoms with Crippen molar-refractivity contribution < 1.29 is 14.7 Å². The predicted octanol–water partition coefficient (Wildman–Crippen LogP) is 1.82. The lowest BCUT2D eigenvalue weighted by molar-refractivity contribution is -0.139. The minimum absolute atomic E-state index is 0.411. The Morgan fingerprint density at radius 3 is 2.15 bits per heavy atom. The van der Waals surface area contributed by atoms with Crippen molar-refractivity contribution in [3.05, 3.63) is 65.7 Å². The molecule has 0 aliphatic rings. The fourth-order valence-corrected chi connectivity index (χ4v) is 1.78. The van der Waals surface area contributed by atoms with E-state index in [1.807, 2.05) is 0 Å². The Balaban J connectivity index is 2.20. The maximum atomic E-state index is 12.0. The van der Waals surface area contributed by atoms with E-state index in [1.165, 1.54) is 0 Å². The van der Waals surface area contributed by atoms with E-state index in [-0.39, 0.29) is 0 Å². The number of anilines is 1. The smallest absolute Gasteiger partial charge is 0.330 e. The van der Waals surface area contributed by atoms with Gasteiger partial charge in [-0.2, -0.15) is 0 Å². The van der Waals surface area contributed by atoms with E-state index in [1.54, 1.807) is 54.6 Å². The maximum absolute atomic E-state index is 12.0. The topological polar surface area (TPSA) is 92.4 Å². The molecule has 0 fully saturated rings. The highest BCUT2D eigenvalue weighted by molar-refractivity contribution is 5.96. The predicted molar refractivity (Wildman–Crippen MR) is 75.1 cm³/mol. The highest BCUT2D eigenvalue weighted by atomic mass is 16.4. The molecule has 0 saturated carbocycles. The Bertz CT molecular complexity index is 609. The van der Waals surface area contributed by atoms with E-state index < -0.39 is 17.9 Å². The number of carboxylic acid groups (broad SMARTS) is 1. The number of amides is 1. The van der Waals surface area contributed by atoms with Crippen LogP contribution < -0.4 is 11.1 Å². The maximum Gasteiger partial charge on any atom is 0.330 e. The van der Waals surface area contributed by atoms with Crippen LogP contribution in [0.1, 0.15) is 22.0 Å².